The van der Waals surface area contributed by atoms with E-state index in [2.05, 4.69) is 35.6 Å². The highest BCUT2D eigenvalue weighted by Crippen LogP contribution is 2.30. The van der Waals surface area contributed by atoms with Crippen molar-refractivity contribution in [3.8, 4) is 0 Å². The van der Waals surface area contributed by atoms with Gasteiger partial charge in [-0.15, -0.1) is 0 Å². The van der Waals surface area contributed by atoms with Crippen molar-refractivity contribution in [2.24, 2.45) is 0 Å². The summed E-state index contributed by atoms with van der Waals surface area (Å²) in [5.41, 5.74) is 1.28. The highest BCUT2D eigenvalue weighted by molar-refractivity contribution is 5.05. The van der Waals surface area contributed by atoms with Crippen molar-refractivity contribution in [1.29, 1.82) is 0 Å². The van der Waals surface area contributed by atoms with E-state index in [4.69, 9.17) is 4.74 Å². The number of imidazole rings is 1. The third-order valence-electron chi connectivity index (χ3n) is 3.44. The molecule has 1 unspecified atom stereocenters. The molecule has 0 saturated carbocycles. The maximum atomic E-state index is 6.04. The van der Waals surface area contributed by atoms with Gasteiger partial charge in [-0.05, 0) is 40.7 Å². The van der Waals surface area contributed by atoms with Gasteiger partial charge >= 0.3 is 0 Å². The number of ether oxygens (including phenoxy) is 1. The minimum absolute atomic E-state index is 0.0440. The van der Waals surface area contributed by atoms with Crippen LogP contribution in [0.4, 0.5) is 0 Å². The number of aromatic nitrogens is 2. The Morgan fingerprint density at radius 3 is 2.94 bits per heavy atom. The molecule has 1 N–H and O–H groups in total. The van der Waals surface area contributed by atoms with Gasteiger partial charge in [-0.25, -0.2) is 4.98 Å². The van der Waals surface area contributed by atoms with Crippen LogP contribution in [0.1, 0.15) is 38.2 Å². The molecule has 1 atom stereocenters. The first-order valence-electron chi connectivity index (χ1n) is 6.35. The summed E-state index contributed by atoms with van der Waals surface area (Å²) < 4.78 is 8.31. The lowest BCUT2D eigenvalue weighted by Crippen LogP contribution is -2.24. The van der Waals surface area contributed by atoms with Gasteiger partial charge < -0.3 is 14.6 Å². The predicted octanol–water partition coefficient (Wildman–Crippen LogP) is 1.87. The van der Waals surface area contributed by atoms with Crippen LogP contribution >= 0.6 is 0 Å². The Kier molecular flexibility index (Phi) is 3.54. The van der Waals surface area contributed by atoms with Crippen LogP contribution in [-0.2, 0) is 17.8 Å². The Morgan fingerprint density at radius 1 is 1.59 bits per heavy atom. The molecule has 1 aliphatic rings. The van der Waals surface area contributed by atoms with Crippen LogP contribution in [0.3, 0.4) is 0 Å². The van der Waals surface area contributed by atoms with Crippen LogP contribution in [0.25, 0.3) is 0 Å². The van der Waals surface area contributed by atoms with Gasteiger partial charge in [-0.3, -0.25) is 0 Å². The van der Waals surface area contributed by atoms with Crippen molar-refractivity contribution in [2.75, 3.05) is 7.05 Å². The van der Waals surface area contributed by atoms with E-state index < -0.39 is 0 Å². The topological polar surface area (TPSA) is 39.1 Å². The molecule has 0 aromatic carbocycles. The second kappa shape index (κ2) is 4.78. The van der Waals surface area contributed by atoms with Crippen molar-refractivity contribution >= 4 is 0 Å². The van der Waals surface area contributed by atoms with Crippen molar-refractivity contribution < 1.29 is 4.74 Å². The summed E-state index contributed by atoms with van der Waals surface area (Å²) in [5, 5.41) is 3.18. The van der Waals surface area contributed by atoms with Crippen LogP contribution in [0.5, 0.6) is 0 Å². The van der Waals surface area contributed by atoms with Crippen LogP contribution < -0.4 is 5.32 Å². The third-order valence-corrected chi connectivity index (χ3v) is 3.44. The molecule has 0 bridgehead atoms. The summed E-state index contributed by atoms with van der Waals surface area (Å²) in [7, 11) is 1.96. The third kappa shape index (κ3) is 2.87. The molecule has 2 rings (SSSR count). The van der Waals surface area contributed by atoms with Gasteiger partial charge in [0.05, 0.1) is 23.9 Å². The molecule has 0 amide bonds. The molecule has 0 radical (unpaired) electrons. The van der Waals surface area contributed by atoms with Gasteiger partial charge in [0, 0.05) is 12.7 Å². The van der Waals surface area contributed by atoms with Crippen LogP contribution in [0, 0.1) is 6.92 Å². The first-order chi connectivity index (χ1) is 8.02. The van der Waals surface area contributed by atoms with Gasteiger partial charge in [-0.1, -0.05) is 0 Å². The monoisotopic (exact) mass is 237 g/mol. The van der Waals surface area contributed by atoms with Crippen LogP contribution in [0.15, 0.2) is 6.20 Å². The maximum Gasteiger partial charge on any atom is 0.105 e. The van der Waals surface area contributed by atoms with E-state index in [0.29, 0.717) is 6.10 Å². The lowest BCUT2D eigenvalue weighted by Gasteiger charge is -2.20. The van der Waals surface area contributed by atoms with E-state index in [1.54, 1.807) is 0 Å². The molecule has 4 heteroatoms. The predicted molar refractivity (Wildman–Crippen MR) is 67.9 cm³/mol. The summed E-state index contributed by atoms with van der Waals surface area (Å²) in [6.07, 6.45) is 4.57. The zero-order chi connectivity index (χ0) is 12.5. The first-order valence-corrected chi connectivity index (χ1v) is 6.35. The molecule has 0 aliphatic carbocycles. The summed E-state index contributed by atoms with van der Waals surface area (Å²) >= 11 is 0. The number of hydrogen-bond acceptors (Lipinski definition) is 3. The second-order valence-electron chi connectivity index (χ2n) is 5.48. The molecule has 2 heterocycles. The van der Waals surface area contributed by atoms with E-state index in [0.717, 1.165) is 31.8 Å². The van der Waals surface area contributed by atoms with E-state index in [1.165, 1.54) is 5.69 Å². The van der Waals surface area contributed by atoms with E-state index >= 15 is 0 Å². The number of nitrogens with one attached hydrogen (secondary N) is 1. The SMILES string of the molecule is CNCc1cnc(C)n1CC1CCC(C)(C)O1. The van der Waals surface area contributed by atoms with Gasteiger partial charge in [0.1, 0.15) is 5.82 Å². The van der Waals surface area contributed by atoms with E-state index in [1.807, 2.05) is 13.2 Å². The standard InChI is InChI=1S/C13H23N3O/c1-10-15-8-11(7-14-4)16(10)9-12-5-6-13(2,3)17-12/h8,12,14H,5-7,9H2,1-4H3. The Hall–Kier alpha value is -0.870. The zero-order valence-electron chi connectivity index (χ0n) is 11.3. The number of aryl methyl sites for hydroxylation is 1. The molecule has 1 fully saturated rings. The average molecular weight is 237 g/mol. The largest absolute Gasteiger partial charge is 0.370 e. The number of hydrogen-bond donors (Lipinski definition) is 1. The highest BCUT2D eigenvalue weighted by Gasteiger charge is 2.32. The second-order valence-corrected chi connectivity index (χ2v) is 5.48. The molecule has 0 spiro atoms. The normalized spacial score (nSPS) is 23.2. The summed E-state index contributed by atoms with van der Waals surface area (Å²) in [4.78, 5) is 4.38. The minimum Gasteiger partial charge on any atom is -0.370 e. The number of rotatable bonds is 4. The fourth-order valence-electron chi connectivity index (χ4n) is 2.50. The minimum atomic E-state index is 0.0440. The lowest BCUT2D eigenvalue weighted by atomic mass is 10.1. The highest BCUT2D eigenvalue weighted by atomic mass is 16.5. The van der Waals surface area contributed by atoms with Gasteiger partial charge in [0.25, 0.3) is 0 Å². The Labute approximate surface area is 103 Å². The molecule has 4 nitrogen and oxygen atoms in total. The molecule has 17 heavy (non-hydrogen) atoms. The Bertz CT molecular complexity index is 384. The Balaban J connectivity index is 2.06. The smallest absolute Gasteiger partial charge is 0.105 e. The van der Waals surface area contributed by atoms with E-state index in [9.17, 15) is 0 Å². The molecular weight excluding hydrogens is 214 g/mol. The van der Waals surface area contributed by atoms with Gasteiger partial charge in [0.15, 0.2) is 0 Å². The number of nitrogens with zero attached hydrogens (tertiary/aromatic N) is 2. The van der Waals surface area contributed by atoms with Crippen molar-refractivity contribution in [2.45, 2.75) is 58.4 Å². The zero-order valence-corrected chi connectivity index (χ0v) is 11.3. The molecule has 1 saturated heterocycles. The maximum absolute atomic E-state index is 6.04. The summed E-state index contributed by atoms with van der Waals surface area (Å²) in [5.74, 6) is 1.07. The fraction of sp³-hybridized carbons (Fsp3) is 0.769. The molecular formula is C13H23N3O. The molecule has 1 aliphatic heterocycles. The average Bonchev–Trinajstić information content (AvgIpc) is 2.75. The summed E-state index contributed by atoms with van der Waals surface area (Å²) in [6.45, 7) is 8.17. The van der Waals surface area contributed by atoms with Crippen LogP contribution in [-0.4, -0.2) is 28.3 Å². The van der Waals surface area contributed by atoms with Crippen molar-refractivity contribution in [3.63, 3.8) is 0 Å². The fourth-order valence-corrected chi connectivity index (χ4v) is 2.50. The Morgan fingerprint density at radius 2 is 2.35 bits per heavy atom. The van der Waals surface area contributed by atoms with E-state index in [-0.39, 0.29) is 5.60 Å². The molecule has 1 aromatic rings. The summed E-state index contributed by atoms with van der Waals surface area (Å²) in [6, 6.07) is 0. The van der Waals surface area contributed by atoms with Crippen LogP contribution in [0.2, 0.25) is 0 Å². The molecule has 1 aromatic heterocycles. The van der Waals surface area contributed by atoms with Crippen molar-refractivity contribution in [3.05, 3.63) is 17.7 Å². The van der Waals surface area contributed by atoms with Gasteiger partial charge in [0.2, 0.25) is 0 Å². The lowest BCUT2D eigenvalue weighted by molar-refractivity contribution is -0.0221. The molecule has 96 valence electrons. The quantitative estimate of drug-likeness (QED) is 0.869. The van der Waals surface area contributed by atoms with Crippen molar-refractivity contribution in [1.82, 2.24) is 14.9 Å². The van der Waals surface area contributed by atoms with Gasteiger partial charge in [-0.2, -0.15) is 0 Å². The first kappa shape index (κ1) is 12.6.